The Morgan fingerprint density at radius 1 is 1.00 bits per heavy atom. The van der Waals surface area contributed by atoms with Gasteiger partial charge in [-0.15, -0.1) is 0 Å². The number of nitrogens with one attached hydrogen (secondary N) is 2. The number of hydrogen-bond acceptors (Lipinski definition) is 8. The first-order valence-electron chi connectivity index (χ1n) is 15.8. The van der Waals surface area contributed by atoms with Crippen molar-refractivity contribution >= 4 is 23.9 Å². The van der Waals surface area contributed by atoms with Crippen LogP contribution in [-0.4, -0.2) is 68.4 Å². The van der Waals surface area contributed by atoms with Gasteiger partial charge in [0.05, 0.1) is 31.0 Å². The molecule has 274 valence electrons. The van der Waals surface area contributed by atoms with Crippen molar-refractivity contribution in [3.63, 3.8) is 0 Å². The molecular formula is C37H46LiN5O9. The van der Waals surface area contributed by atoms with E-state index in [0.717, 1.165) is 16.8 Å². The molecule has 3 amide bonds. The third-order valence-corrected chi connectivity index (χ3v) is 8.04. The van der Waals surface area contributed by atoms with Gasteiger partial charge in [0.25, 0.3) is 0 Å². The van der Waals surface area contributed by atoms with Crippen LogP contribution in [0.4, 0.5) is 4.79 Å². The second-order valence-electron chi connectivity index (χ2n) is 12.9. The van der Waals surface area contributed by atoms with Gasteiger partial charge in [0.15, 0.2) is 0 Å². The number of ether oxygens (including phenoxy) is 2. The standard InChI is InChI=1S/C37H43N5O7.Li.2H2O/c1-21-15-26(32(38)43)16-22(2)27(21)18-29(41-36(47)49-37(4,5)6)34(44)42(20-24-13-14-31(48-7)28(17-24)35(45)46)23(3)33-39-19-30(40-33)25-11-9-8-10-12-25;;;/h8-17,19,23,29H,18,20H2,1-7H3,(H2,38,43)(H,39,40)(H,41,47)(H,45,46);;2*1H2/q;+1;;/p-1. The maximum Gasteiger partial charge on any atom is 1.00 e. The predicted octanol–water partition coefficient (Wildman–Crippen LogP) is -0.255. The van der Waals surface area contributed by atoms with E-state index in [9.17, 15) is 24.3 Å². The number of aromatic carboxylic acids is 1. The predicted molar refractivity (Wildman–Crippen MR) is 189 cm³/mol. The van der Waals surface area contributed by atoms with Crippen LogP contribution in [0.25, 0.3) is 11.3 Å². The summed E-state index contributed by atoms with van der Waals surface area (Å²) in [6, 6.07) is 15.6. The minimum atomic E-state index is -1.43. The van der Waals surface area contributed by atoms with Gasteiger partial charge in [0.2, 0.25) is 11.8 Å². The molecule has 52 heavy (non-hydrogen) atoms. The topological polar surface area (TPSA) is 243 Å². The number of hydrogen-bond donors (Lipinski definition) is 3. The number of amides is 3. The third-order valence-electron chi connectivity index (χ3n) is 8.04. The van der Waals surface area contributed by atoms with E-state index in [0.29, 0.717) is 28.1 Å². The number of carbonyl (C=O) groups excluding carboxylic acids is 4. The molecule has 0 fully saturated rings. The number of benzene rings is 3. The summed E-state index contributed by atoms with van der Waals surface area (Å²) in [5.74, 6) is -1.92. The van der Waals surface area contributed by atoms with E-state index in [1.165, 1.54) is 24.1 Å². The number of carboxylic acid groups (broad SMARTS) is 1. The van der Waals surface area contributed by atoms with Crippen molar-refractivity contribution in [1.29, 1.82) is 0 Å². The van der Waals surface area contributed by atoms with E-state index in [4.69, 9.17) is 15.2 Å². The molecule has 0 saturated carbocycles. The zero-order chi connectivity index (χ0) is 36.0. The maximum absolute atomic E-state index is 14.8. The van der Waals surface area contributed by atoms with Crippen molar-refractivity contribution in [3.05, 3.63) is 106 Å². The van der Waals surface area contributed by atoms with Gasteiger partial charge in [0, 0.05) is 24.1 Å². The first kappa shape index (κ1) is 44.9. The van der Waals surface area contributed by atoms with Gasteiger partial charge in [-0.1, -0.05) is 36.4 Å². The smallest absolute Gasteiger partial charge is 0.545 e. The number of methoxy groups -OCH3 is 1. The molecule has 4 aromatic rings. The summed E-state index contributed by atoms with van der Waals surface area (Å²) >= 11 is 0. The molecule has 4 rings (SSSR count). The molecule has 0 aliphatic heterocycles. The number of nitrogens with zero attached hydrogens (tertiary/aromatic N) is 2. The minimum absolute atomic E-state index is 0. The Morgan fingerprint density at radius 3 is 2.15 bits per heavy atom. The molecule has 0 bridgehead atoms. The van der Waals surface area contributed by atoms with E-state index in [2.05, 4.69) is 15.3 Å². The molecule has 1 aromatic heterocycles. The molecule has 0 aliphatic rings. The van der Waals surface area contributed by atoms with Crippen molar-refractivity contribution in [2.45, 2.75) is 72.2 Å². The van der Waals surface area contributed by atoms with Gasteiger partial charge in [-0.2, -0.15) is 0 Å². The Kier molecular flexibility index (Phi) is 16.3. The number of carboxylic acids is 1. The fraction of sp³-hybridized carbons (Fsp3) is 0.324. The molecule has 1 heterocycles. The van der Waals surface area contributed by atoms with Crippen LogP contribution < -0.4 is 39.8 Å². The zero-order valence-corrected chi connectivity index (χ0v) is 30.7. The van der Waals surface area contributed by atoms with E-state index >= 15 is 0 Å². The van der Waals surface area contributed by atoms with E-state index in [-0.39, 0.29) is 54.1 Å². The van der Waals surface area contributed by atoms with Crippen LogP contribution in [0.3, 0.4) is 0 Å². The Hall–Kier alpha value is -5.13. The minimum Gasteiger partial charge on any atom is -0.545 e. The quantitative estimate of drug-likeness (QED) is 0.165. The van der Waals surface area contributed by atoms with Gasteiger partial charge in [-0.25, -0.2) is 9.78 Å². The molecule has 0 spiro atoms. The second kappa shape index (κ2) is 18.9. The van der Waals surface area contributed by atoms with Crippen molar-refractivity contribution < 1.29 is 63.6 Å². The Labute approximate surface area is 314 Å². The molecule has 2 atom stereocenters. The van der Waals surface area contributed by atoms with Crippen LogP contribution in [0.5, 0.6) is 5.75 Å². The number of imidazole rings is 1. The third kappa shape index (κ3) is 11.2. The average molecular weight is 712 g/mol. The molecule has 8 N–H and O–H groups in total. The van der Waals surface area contributed by atoms with Crippen molar-refractivity contribution in [3.8, 4) is 17.0 Å². The normalized spacial score (nSPS) is 11.8. The van der Waals surface area contributed by atoms with Gasteiger partial charge < -0.3 is 51.3 Å². The summed E-state index contributed by atoms with van der Waals surface area (Å²) in [5, 5.41) is 14.7. The van der Waals surface area contributed by atoms with E-state index in [1.54, 1.807) is 65.9 Å². The number of alkyl carbamates (subject to hydrolysis) is 1. The SMILES string of the molecule is COc1ccc(CN(C(=O)C(Cc2c(C)cc(C(N)=O)cc2C)NC(=O)OC(C)(C)C)C(C)c2ncc(-c3ccccc3)[nH]2)cc1C(=O)[O-].O.O.[Li+]. The van der Waals surface area contributed by atoms with Gasteiger partial charge in [0.1, 0.15) is 23.2 Å². The maximum atomic E-state index is 14.8. The monoisotopic (exact) mass is 711 g/mol. The molecule has 15 heteroatoms. The van der Waals surface area contributed by atoms with Gasteiger partial charge in [-0.05, 0) is 93.6 Å². The summed E-state index contributed by atoms with van der Waals surface area (Å²) in [4.78, 5) is 61.2. The second-order valence-corrected chi connectivity index (χ2v) is 12.9. The summed E-state index contributed by atoms with van der Waals surface area (Å²) < 4.78 is 10.7. The van der Waals surface area contributed by atoms with Crippen molar-refractivity contribution in [2.75, 3.05) is 7.11 Å². The molecule has 3 aromatic carbocycles. The van der Waals surface area contributed by atoms with Crippen molar-refractivity contribution in [2.24, 2.45) is 5.73 Å². The average Bonchev–Trinajstić information content (AvgIpc) is 3.54. The Morgan fingerprint density at radius 2 is 1.62 bits per heavy atom. The Bertz CT molecular complexity index is 1830. The summed E-state index contributed by atoms with van der Waals surface area (Å²) in [6.45, 7) is 10.5. The largest absolute Gasteiger partial charge is 1.00 e. The number of carbonyl (C=O) groups is 4. The number of aromatic nitrogens is 2. The number of aromatic amines is 1. The summed E-state index contributed by atoms with van der Waals surface area (Å²) in [7, 11) is 1.35. The van der Waals surface area contributed by atoms with Crippen molar-refractivity contribution in [1.82, 2.24) is 20.2 Å². The fourth-order valence-electron chi connectivity index (χ4n) is 5.59. The first-order valence-corrected chi connectivity index (χ1v) is 15.8. The van der Waals surface area contributed by atoms with Gasteiger partial charge >= 0.3 is 25.0 Å². The molecule has 2 unspecified atom stereocenters. The van der Waals surface area contributed by atoms with Crippen LogP contribution in [0.15, 0.2) is 66.9 Å². The Balaban J connectivity index is 0.00000451. The fourth-order valence-corrected chi connectivity index (χ4v) is 5.59. The van der Waals surface area contributed by atoms with E-state index in [1.807, 2.05) is 30.3 Å². The molecule has 0 saturated heterocycles. The summed E-state index contributed by atoms with van der Waals surface area (Å²) in [5.41, 5.74) is 9.12. The van der Waals surface area contributed by atoms with Crippen LogP contribution in [0.2, 0.25) is 0 Å². The number of primary amides is 1. The molecule has 14 nitrogen and oxygen atoms in total. The van der Waals surface area contributed by atoms with Gasteiger partial charge in [-0.3, -0.25) is 9.59 Å². The summed E-state index contributed by atoms with van der Waals surface area (Å²) in [6.07, 6.45) is 0.934. The number of H-pyrrole nitrogens is 1. The number of rotatable bonds is 12. The van der Waals surface area contributed by atoms with Crippen LogP contribution in [0, 0.1) is 13.8 Å². The molecule has 0 aliphatic carbocycles. The van der Waals surface area contributed by atoms with Crippen LogP contribution in [-0.2, 0) is 22.5 Å². The number of nitrogens with two attached hydrogens (primary N) is 1. The molecular weight excluding hydrogens is 665 g/mol. The van der Waals surface area contributed by atoms with Crippen LogP contribution in [0.1, 0.15) is 82.5 Å². The first-order chi connectivity index (χ1) is 23.1. The van der Waals surface area contributed by atoms with Crippen LogP contribution >= 0.6 is 0 Å². The zero-order valence-electron chi connectivity index (χ0n) is 30.7. The number of aryl methyl sites for hydroxylation is 2. The molecule has 0 radical (unpaired) electrons. The van der Waals surface area contributed by atoms with E-state index < -0.39 is 41.6 Å².